The highest BCUT2D eigenvalue weighted by Crippen LogP contribution is 2.25. The lowest BCUT2D eigenvalue weighted by Crippen LogP contribution is -2.12. The number of hydrogen-bond donors (Lipinski definition) is 0. The van der Waals surface area contributed by atoms with E-state index in [2.05, 4.69) is 58.4 Å². The number of halogens is 1. The van der Waals surface area contributed by atoms with Crippen molar-refractivity contribution in [1.29, 1.82) is 0 Å². The molecule has 1 aromatic rings. The molecule has 0 fully saturated rings. The van der Waals surface area contributed by atoms with Gasteiger partial charge in [0.1, 0.15) is 11.6 Å². The lowest BCUT2D eigenvalue weighted by atomic mass is 10.0. The van der Waals surface area contributed by atoms with Crippen LogP contribution in [-0.2, 0) is 5.33 Å². The molecule has 0 radical (unpaired) electrons. The molecule has 0 aliphatic heterocycles. The van der Waals surface area contributed by atoms with Crippen LogP contribution < -0.4 is 0 Å². The predicted molar refractivity (Wildman–Crippen MR) is 66.4 cm³/mol. The molecule has 0 unspecified atom stereocenters. The topological polar surface area (TPSA) is 30.7 Å². The SMILES string of the molecule is CCC(CC)c1nnc(CBr)n1C(C)C. The van der Waals surface area contributed by atoms with E-state index in [1.807, 2.05) is 0 Å². The molecule has 1 heterocycles. The minimum absolute atomic E-state index is 0.433. The largest absolute Gasteiger partial charge is 0.311 e. The normalized spacial score (nSPS) is 11.7. The van der Waals surface area contributed by atoms with Crippen molar-refractivity contribution in [2.45, 2.75) is 57.8 Å². The van der Waals surface area contributed by atoms with Gasteiger partial charge in [0.15, 0.2) is 0 Å². The number of nitrogens with zero attached hydrogens (tertiary/aromatic N) is 3. The highest BCUT2D eigenvalue weighted by atomic mass is 79.9. The minimum atomic E-state index is 0.433. The van der Waals surface area contributed by atoms with Crippen LogP contribution in [0.25, 0.3) is 0 Å². The summed E-state index contributed by atoms with van der Waals surface area (Å²) in [6.07, 6.45) is 2.26. The zero-order chi connectivity index (χ0) is 11.4. The third-order valence-electron chi connectivity index (χ3n) is 2.78. The first-order chi connectivity index (χ1) is 7.15. The molecule has 0 amide bonds. The van der Waals surface area contributed by atoms with Crippen molar-refractivity contribution in [2.75, 3.05) is 0 Å². The van der Waals surface area contributed by atoms with Gasteiger partial charge >= 0.3 is 0 Å². The van der Waals surface area contributed by atoms with Crippen molar-refractivity contribution in [2.24, 2.45) is 0 Å². The average molecular weight is 274 g/mol. The van der Waals surface area contributed by atoms with Gasteiger partial charge < -0.3 is 4.57 Å². The lowest BCUT2D eigenvalue weighted by Gasteiger charge is -2.17. The van der Waals surface area contributed by atoms with Gasteiger partial charge in [0.2, 0.25) is 0 Å². The van der Waals surface area contributed by atoms with Crippen LogP contribution in [0.1, 0.15) is 64.1 Å². The molecule has 86 valence electrons. The fraction of sp³-hybridized carbons (Fsp3) is 0.818. The van der Waals surface area contributed by atoms with E-state index in [0.29, 0.717) is 12.0 Å². The van der Waals surface area contributed by atoms with E-state index in [-0.39, 0.29) is 0 Å². The minimum Gasteiger partial charge on any atom is -0.311 e. The van der Waals surface area contributed by atoms with Gasteiger partial charge in [-0.25, -0.2) is 0 Å². The van der Waals surface area contributed by atoms with Crippen LogP contribution in [-0.4, -0.2) is 14.8 Å². The zero-order valence-corrected chi connectivity index (χ0v) is 11.6. The highest BCUT2D eigenvalue weighted by Gasteiger charge is 2.19. The van der Waals surface area contributed by atoms with Crippen molar-refractivity contribution in [1.82, 2.24) is 14.8 Å². The summed E-state index contributed by atoms with van der Waals surface area (Å²) in [5, 5.41) is 9.35. The van der Waals surface area contributed by atoms with Crippen LogP contribution in [0.15, 0.2) is 0 Å². The van der Waals surface area contributed by atoms with Gasteiger partial charge in [-0.05, 0) is 26.7 Å². The van der Waals surface area contributed by atoms with E-state index in [1.165, 1.54) is 0 Å². The van der Waals surface area contributed by atoms with Crippen LogP contribution in [0.2, 0.25) is 0 Å². The maximum absolute atomic E-state index is 4.33. The fourth-order valence-corrected chi connectivity index (χ4v) is 2.31. The molecule has 0 aliphatic carbocycles. The monoisotopic (exact) mass is 273 g/mol. The summed E-state index contributed by atoms with van der Waals surface area (Å²) in [5.41, 5.74) is 0. The smallest absolute Gasteiger partial charge is 0.143 e. The molecule has 0 aliphatic rings. The zero-order valence-electron chi connectivity index (χ0n) is 10.00. The van der Waals surface area contributed by atoms with Gasteiger partial charge in [-0.2, -0.15) is 0 Å². The van der Waals surface area contributed by atoms with Gasteiger partial charge in [-0.1, -0.05) is 29.8 Å². The number of alkyl halides is 1. The first-order valence-corrected chi connectivity index (χ1v) is 6.77. The molecule has 0 bridgehead atoms. The molecule has 0 atom stereocenters. The Balaban J connectivity index is 3.11. The van der Waals surface area contributed by atoms with E-state index in [4.69, 9.17) is 0 Å². The van der Waals surface area contributed by atoms with Crippen LogP contribution in [0, 0.1) is 0 Å². The van der Waals surface area contributed by atoms with Crippen molar-refractivity contribution in [3.05, 3.63) is 11.6 Å². The Labute approximate surface area is 100 Å². The molecule has 1 aromatic heterocycles. The molecule has 0 N–H and O–H groups in total. The van der Waals surface area contributed by atoms with Crippen molar-refractivity contribution in [3.63, 3.8) is 0 Å². The molecule has 4 heteroatoms. The standard InChI is InChI=1S/C11H20BrN3/c1-5-9(6-2)11-14-13-10(7-12)15(11)8(3)4/h8-9H,5-7H2,1-4H3. The fourth-order valence-electron chi connectivity index (χ4n) is 1.92. The summed E-state index contributed by atoms with van der Waals surface area (Å²) in [4.78, 5) is 0. The Morgan fingerprint density at radius 2 is 1.80 bits per heavy atom. The van der Waals surface area contributed by atoms with Crippen LogP contribution in [0.5, 0.6) is 0 Å². The molecular weight excluding hydrogens is 254 g/mol. The van der Waals surface area contributed by atoms with E-state index < -0.39 is 0 Å². The van der Waals surface area contributed by atoms with Gasteiger partial charge in [0.25, 0.3) is 0 Å². The van der Waals surface area contributed by atoms with Gasteiger partial charge in [0.05, 0.1) is 5.33 Å². The third kappa shape index (κ3) is 2.60. The average Bonchev–Trinajstić information content (AvgIpc) is 2.63. The molecule has 15 heavy (non-hydrogen) atoms. The quantitative estimate of drug-likeness (QED) is 0.767. The molecule has 0 aromatic carbocycles. The Kier molecular flexibility index (Phi) is 4.77. The van der Waals surface area contributed by atoms with Crippen molar-refractivity contribution < 1.29 is 0 Å². The van der Waals surface area contributed by atoms with Crippen LogP contribution in [0.3, 0.4) is 0 Å². The Morgan fingerprint density at radius 3 is 2.20 bits per heavy atom. The highest BCUT2D eigenvalue weighted by molar-refractivity contribution is 9.08. The molecular formula is C11H20BrN3. The second-order valence-corrected chi connectivity index (χ2v) is 4.65. The number of rotatable bonds is 5. The van der Waals surface area contributed by atoms with Crippen LogP contribution in [0.4, 0.5) is 0 Å². The second kappa shape index (κ2) is 5.64. The van der Waals surface area contributed by atoms with Gasteiger partial charge in [-0.3, -0.25) is 0 Å². The summed E-state index contributed by atoms with van der Waals surface area (Å²) < 4.78 is 2.26. The number of aromatic nitrogens is 3. The maximum Gasteiger partial charge on any atom is 0.143 e. The lowest BCUT2D eigenvalue weighted by molar-refractivity contribution is 0.499. The number of hydrogen-bond acceptors (Lipinski definition) is 2. The van der Waals surface area contributed by atoms with Crippen LogP contribution >= 0.6 is 15.9 Å². The molecule has 3 nitrogen and oxygen atoms in total. The Hall–Kier alpha value is -0.380. The molecule has 1 rings (SSSR count). The molecule has 0 spiro atoms. The predicted octanol–water partition coefficient (Wildman–Crippen LogP) is 3.66. The van der Waals surface area contributed by atoms with E-state index in [0.717, 1.165) is 29.8 Å². The first kappa shape index (κ1) is 12.7. The summed E-state index contributed by atoms with van der Waals surface area (Å²) in [7, 11) is 0. The second-order valence-electron chi connectivity index (χ2n) is 4.09. The van der Waals surface area contributed by atoms with E-state index in [1.54, 1.807) is 0 Å². The van der Waals surface area contributed by atoms with Gasteiger partial charge in [-0.15, -0.1) is 10.2 Å². The van der Waals surface area contributed by atoms with E-state index in [9.17, 15) is 0 Å². The summed E-state index contributed by atoms with van der Waals surface area (Å²) in [6, 6.07) is 0.433. The first-order valence-electron chi connectivity index (χ1n) is 5.65. The summed E-state index contributed by atoms with van der Waals surface area (Å²) in [5.74, 6) is 2.71. The molecule has 0 saturated carbocycles. The summed E-state index contributed by atoms with van der Waals surface area (Å²) >= 11 is 3.46. The van der Waals surface area contributed by atoms with Crippen molar-refractivity contribution in [3.8, 4) is 0 Å². The van der Waals surface area contributed by atoms with Crippen molar-refractivity contribution >= 4 is 15.9 Å². The third-order valence-corrected chi connectivity index (χ3v) is 3.28. The Morgan fingerprint density at radius 1 is 1.20 bits per heavy atom. The van der Waals surface area contributed by atoms with E-state index >= 15 is 0 Å². The van der Waals surface area contributed by atoms with Gasteiger partial charge in [0, 0.05) is 12.0 Å². The summed E-state index contributed by atoms with van der Waals surface area (Å²) in [6.45, 7) is 8.78. The Bertz CT molecular complexity index is 303. The molecule has 0 saturated heterocycles. The maximum atomic E-state index is 4.33.